The third-order valence-corrected chi connectivity index (χ3v) is 5.56. The lowest BCUT2D eigenvalue weighted by Gasteiger charge is -2.13. The van der Waals surface area contributed by atoms with Crippen LogP contribution >= 0.6 is 0 Å². The molecule has 0 aliphatic rings. The number of aryl methyl sites for hydroxylation is 2. The average molecular weight is 415 g/mol. The highest BCUT2D eigenvalue weighted by molar-refractivity contribution is 5.75. The van der Waals surface area contributed by atoms with E-state index < -0.39 is 0 Å². The number of fused-ring (bicyclic) bond motifs is 1. The molecule has 31 heavy (non-hydrogen) atoms. The number of hydrogen-bond acceptors (Lipinski definition) is 3. The zero-order valence-corrected chi connectivity index (χ0v) is 18.8. The number of ether oxygens (including phenoxy) is 2. The van der Waals surface area contributed by atoms with E-state index in [1.54, 1.807) is 0 Å². The van der Waals surface area contributed by atoms with E-state index in [0.717, 1.165) is 33.9 Å². The summed E-state index contributed by atoms with van der Waals surface area (Å²) >= 11 is 0. The van der Waals surface area contributed by atoms with E-state index in [1.807, 2.05) is 30.3 Å². The molecule has 4 rings (SSSR count). The predicted octanol–water partition coefficient (Wildman–Crippen LogP) is 6.43. The van der Waals surface area contributed by atoms with Crippen molar-refractivity contribution in [1.82, 2.24) is 9.55 Å². The maximum atomic E-state index is 6.15. The average Bonchev–Trinajstić information content (AvgIpc) is 3.12. The van der Waals surface area contributed by atoms with Crippen LogP contribution in [0.1, 0.15) is 42.3 Å². The van der Waals surface area contributed by atoms with Crippen LogP contribution in [0.25, 0.3) is 11.0 Å². The van der Waals surface area contributed by atoms with Crippen molar-refractivity contribution in [2.45, 2.75) is 46.8 Å². The number of benzene rings is 3. The first-order valence-corrected chi connectivity index (χ1v) is 10.9. The van der Waals surface area contributed by atoms with Gasteiger partial charge in [0.05, 0.1) is 17.6 Å². The van der Waals surface area contributed by atoms with E-state index in [9.17, 15) is 0 Å². The summed E-state index contributed by atoms with van der Waals surface area (Å²) in [6.45, 7) is 10.2. The van der Waals surface area contributed by atoms with Crippen LogP contribution in [-0.2, 0) is 13.2 Å². The Morgan fingerprint density at radius 2 is 1.68 bits per heavy atom. The summed E-state index contributed by atoms with van der Waals surface area (Å²) in [5.74, 6) is 3.22. The number of hydrogen-bond donors (Lipinski definition) is 0. The normalized spacial score (nSPS) is 11.3. The molecule has 0 bridgehead atoms. The van der Waals surface area contributed by atoms with E-state index in [4.69, 9.17) is 14.5 Å². The smallest absolute Gasteiger partial charge is 0.148 e. The van der Waals surface area contributed by atoms with Gasteiger partial charge in [0, 0.05) is 0 Å². The fourth-order valence-corrected chi connectivity index (χ4v) is 3.69. The van der Waals surface area contributed by atoms with Gasteiger partial charge in [-0.15, -0.1) is 0 Å². The topological polar surface area (TPSA) is 36.3 Å². The molecule has 1 heterocycles. The minimum absolute atomic E-state index is 0.419. The third-order valence-electron chi connectivity index (χ3n) is 5.56. The second kappa shape index (κ2) is 9.25. The Balaban J connectivity index is 1.49. The molecular formula is C27H30N2O2. The van der Waals surface area contributed by atoms with Crippen LogP contribution in [0.15, 0.2) is 66.7 Å². The number of para-hydroxylation sites is 2. The van der Waals surface area contributed by atoms with Crippen LogP contribution in [0, 0.1) is 13.8 Å². The van der Waals surface area contributed by atoms with Gasteiger partial charge >= 0.3 is 0 Å². The van der Waals surface area contributed by atoms with E-state index >= 15 is 0 Å². The van der Waals surface area contributed by atoms with Crippen molar-refractivity contribution < 1.29 is 9.47 Å². The molecule has 0 N–H and O–H groups in total. The van der Waals surface area contributed by atoms with Crippen LogP contribution in [0.3, 0.4) is 0 Å². The van der Waals surface area contributed by atoms with Crippen molar-refractivity contribution in [3.63, 3.8) is 0 Å². The zero-order valence-electron chi connectivity index (χ0n) is 18.8. The highest BCUT2D eigenvalue weighted by Crippen LogP contribution is 2.23. The number of imidazole rings is 1. The van der Waals surface area contributed by atoms with Gasteiger partial charge in [0.25, 0.3) is 0 Å². The minimum Gasteiger partial charge on any atom is -0.492 e. The van der Waals surface area contributed by atoms with Crippen molar-refractivity contribution in [3.8, 4) is 11.5 Å². The largest absolute Gasteiger partial charge is 0.492 e. The van der Waals surface area contributed by atoms with Crippen molar-refractivity contribution in [3.05, 3.63) is 89.2 Å². The van der Waals surface area contributed by atoms with Crippen LogP contribution in [0.5, 0.6) is 11.5 Å². The van der Waals surface area contributed by atoms with E-state index in [1.165, 1.54) is 11.1 Å². The maximum Gasteiger partial charge on any atom is 0.148 e. The van der Waals surface area contributed by atoms with Gasteiger partial charge in [-0.3, -0.25) is 0 Å². The van der Waals surface area contributed by atoms with Crippen LogP contribution in [0.2, 0.25) is 0 Å². The van der Waals surface area contributed by atoms with Crippen molar-refractivity contribution in [2.24, 2.45) is 0 Å². The number of nitrogens with zero attached hydrogens (tertiary/aromatic N) is 2. The quantitative estimate of drug-likeness (QED) is 0.333. The molecule has 0 radical (unpaired) electrons. The monoisotopic (exact) mass is 414 g/mol. The predicted molar refractivity (Wildman–Crippen MR) is 126 cm³/mol. The Morgan fingerprint density at radius 3 is 2.45 bits per heavy atom. The Hall–Kier alpha value is -3.27. The number of aromatic nitrogens is 2. The molecule has 0 saturated heterocycles. The molecule has 0 saturated carbocycles. The molecule has 0 aliphatic carbocycles. The first kappa shape index (κ1) is 21.0. The highest BCUT2D eigenvalue weighted by Gasteiger charge is 2.12. The van der Waals surface area contributed by atoms with Crippen LogP contribution in [-0.4, -0.2) is 16.2 Å². The molecule has 0 amide bonds. The molecule has 0 aliphatic heterocycles. The lowest BCUT2D eigenvalue weighted by atomic mass is 10.0. The summed E-state index contributed by atoms with van der Waals surface area (Å²) in [4.78, 5) is 4.82. The Kier molecular flexibility index (Phi) is 6.26. The molecule has 1 aromatic heterocycles. The first-order chi connectivity index (χ1) is 15.0. The molecule has 160 valence electrons. The fourth-order valence-electron chi connectivity index (χ4n) is 3.69. The van der Waals surface area contributed by atoms with Gasteiger partial charge in [0.1, 0.15) is 30.5 Å². The number of rotatable bonds is 8. The molecule has 4 nitrogen and oxygen atoms in total. The molecule has 0 spiro atoms. The van der Waals surface area contributed by atoms with Gasteiger partial charge < -0.3 is 14.0 Å². The van der Waals surface area contributed by atoms with Crippen LogP contribution in [0.4, 0.5) is 0 Å². The van der Waals surface area contributed by atoms with Gasteiger partial charge in [-0.1, -0.05) is 50.2 Å². The molecule has 3 aromatic carbocycles. The Labute approximate surface area is 184 Å². The summed E-state index contributed by atoms with van der Waals surface area (Å²) in [6, 6.07) is 22.8. The SMILES string of the molecule is Cc1ccc(C)c(OCc2nc3ccccc3n2CCOc2ccc(C(C)C)cc2)c1. The Bertz CT molecular complexity index is 1160. The second-order valence-corrected chi connectivity index (χ2v) is 8.30. The Morgan fingerprint density at radius 1 is 0.903 bits per heavy atom. The highest BCUT2D eigenvalue weighted by atomic mass is 16.5. The van der Waals surface area contributed by atoms with Crippen molar-refractivity contribution in [2.75, 3.05) is 6.61 Å². The van der Waals surface area contributed by atoms with E-state index in [0.29, 0.717) is 25.7 Å². The van der Waals surface area contributed by atoms with Crippen LogP contribution < -0.4 is 9.47 Å². The first-order valence-electron chi connectivity index (χ1n) is 10.9. The van der Waals surface area contributed by atoms with Gasteiger partial charge in [-0.25, -0.2) is 4.98 Å². The summed E-state index contributed by atoms with van der Waals surface area (Å²) < 4.78 is 14.4. The summed E-state index contributed by atoms with van der Waals surface area (Å²) in [5.41, 5.74) is 5.70. The van der Waals surface area contributed by atoms with Gasteiger partial charge in [0.15, 0.2) is 0 Å². The lowest BCUT2D eigenvalue weighted by molar-refractivity contribution is 0.271. The zero-order chi connectivity index (χ0) is 21.8. The molecule has 4 aromatic rings. The van der Waals surface area contributed by atoms with Gasteiger partial charge in [-0.05, 0) is 66.8 Å². The molecular weight excluding hydrogens is 384 g/mol. The van der Waals surface area contributed by atoms with Gasteiger partial charge in [0.2, 0.25) is 0 Å². The third kappa shape index (κ3) is 4.91. The lowest BCUT2D eigenvalue weighted by Crippen LogP contribution is -2.13. The molecule has 0 unspecified atom stereocenters. The van der Waals surface area contributed by atoms with E-state index in [2.05, 4.69) is 68.7 Å². The summed E-state index contributed by atoms with van der Waals surface area (Å²) in [6.07, 6.45) is 0. The molecule has 4 heteroatoms. The second-order valence-electron chi connectivity index (χ2n) is 8.30. The van der Waals surface area contributed by atoms with Crippen molar-refractivity contribution in [1.29, 1.82) is 0 Å². The standard InChI is InChI=1S/C27H30N2O2/c1-19(2)22-11-13-23(14-12-22)30-16-15-29-25-8-6-5-7-24(25)28-27(29)18-31-26-17-20(3)9-10-21(26)4/h5-14,17,19H,15-16,18H2,1-4H3. The minimum atomic E-state index is 0.419. The maximum absolute atomic E-state index is 6.15. The fraction of sp³-hybridized carbons (Fsp3) is 0.296. The molecule has 0 atom stereocenters. The summed E-state index contributed by atoms with van der Waals surface area (Å²) in [5, 5.41) is 0. The summed E-state index contributed by atoms with van der Waals surface area (Å²) in [7, 11) is 0. The van der Waals surface area contributed by atoms with Gasteiger partial charge in [-0.2, -0.15) is 0 Å². The van der Waals surface area contributed by atoms with Crippen molar-refractivity contribution >= 4 is 11.0 Å². The van der Waals surface area contributed by atoms with E-state index in [-0.39, 0.29) is 0 Å². The molecule has 0 fully saturated rings.